The highest BCUT2D eigenvalue weighted by Crippen LogP contribution is 2.40. The normalized spacial score (nSPS) is 13.5. The van der Waals surface area contributed by atoms with Crippen molar-refractivity contribution in [2.24, 2.45) is 5.92 Å². The fourth-order valence-electron chi connectivity index (χ4n) is 2.67. The van der Waals surface area contributed by atoms with E-state index in [-0.39, 0.29) is 11.5 Å². The second kappa shape index (κ2) is 9.82. The van der Waals surface area contributed by atoms with Crippen LogP contribution in [0.3, 0.4) is 0 Å². The first-order valence-electron chi connectivity index (χ1n) is 8.87. The number of rotatable bonds is 8. The van der Waals surface area contributed by atoms with E-state index in [4.69, 9.17) is 18.9 Å². The van der Waals surface area contributed by atoms with E-state index < -0.39 is 30.5 Å². The largest absolute Gasteiger partial charge is 0.493 e. The molecule has 1 aromatic rings. The lowest BCUT2D eigenvalue weighted by Gasteiger charge is -2.21. The molecule has 154 valence electrons. The molecule has 1 heterocycles. The van der Waals surface area contributed by atoms with Gasteiger partial charge < -0.3 is 29.0 Å². The number of hydrogen-bond donors (Lipinski definition) is 1. The van der Waals surface area contributed by atoms with Crippen molar-refractivity contribution >= 4 is 17.8 Å². The van der Waals surface area contributed by atoms with Crippen LogP contribution in [0.25, 0.3) is 0 Å². The van der Waals surface area contributed by atoms with Crippen LogP contribution in [0, 0.1) is 5.92 Å². The van der Waals surface area contributed by atoms with Crippen molar-refractivity contribution in [2.45, 2.75) is 26.3 Å². The Morgan fingerprint density at radius 3 is 2.50 bits per heavy atom. The van der Waals surface area contributed by atoms with Gasteiger partial charge in [0.05, 0.1) is 19.8 Å². The Kier molecular flexibility index (Phi) is 7.48. The smallest absolute Gasteiger partial charge is 0.338 e. The monoisotopic (exact) mass is 395 g/mol. The third kappa shape index (κ3) is 5.51. The Balaban J connectivity index is 1.99. The molecule has 0 saturated heterocycles. The van der Waals surface area contributed by atoms with E-state index in [1.54, 1.807) is 0 Å². The molecule has 1 aliphatic heterocycles. The molecule has 0 fully saturated rings. The Hall–Kier alpha value is -2.97. The number of ether oxygens (including phenoxy) is 5. The standard InChI is InChI=1S/C19H25NO8/c1-11(2)7-13(19(23)25-4)20-16(21)10-28-18(22)12-8-14(24-3)17-15(9-12)26-5-6-27-17/h8-9,11,13H,5-7,10H2,1-4H3,(H,20,21)/t13-/m0/s1. The van der Waals surface area contributed by atoms with Gasteiger partial charge in [0.25, 0.3) is 5.91 Å². The first-order valence-corrected chi connectivity index (χ1v) is 8.87. The van der Waals surface area contributed by atoms with Gasteiger partial charge in [0, 0.05) is 0 Å². The number of amides is 1. The Labute approximate surface area is 163 Å². The lowest BCUT2D eigenvalue weighted by atomic mass is 10.0. The minimum atomic E-state index is -0.800. The van der Waals surface area contributed by atoms with E-state index in [1.165, 1.54) is 26.4 Å². The molecule has 9 nitrogen and oxygen atoms in total. The second-order valence-electron chi connectivity index (χ2n) is 6.55. The summed E-state index contributed by atoms with van der Waals surface area (Å²) in [7, 11) is 2.69. The van der Waals surface area contributed by atoms with Crippen LogP contribution < -0.4 is 19.5 Å². The molecular formula is C19H25NO8. The van der Waals surface area contributed by atoms with Crippen LogP contribution in [0.2, 0.25) is 0 Å². The number of carbonyl (C=O) groups is 3. The maximum absolute atomic E-state index is 12.3. The molecule has 0 spiro atoms. The number of methoxy groups -OCH3 is 2. The van der Waals surface area contributed by atoms with Gasteiger partial charge in [0.1, 0.15) is 19.3 Å². The fourth-order valence-corrected chi connectivity index (χ4v) is 2.67. The highest BCUT2D eigenvalue weighted by atomic mass is 16.6. The van der Waals surface area contributed by atoms with Crippen LogP contribution in [-0.4, -0.2) is 57.9 Å². The third-order valence-corrected chi connectivity index (χ3v) is 3.93. The van der Waals surface area contributed by atoms with Crippen LogP contribution in [0.4, 0.5) is 0 Å². The van der Waals surface area contributed by atoms with Crippen molar-refractivity contribution < 1.29 is 38.1 Å². The summed E-state index contributed by atoms with van der Waals surface area (Å²) in [4.78, 5) is 36.2. The summed E-state index contributed by atoms with van der Waals surface area (Å²) in [6, 6.07) is 2.11. The van der Waals surface area contributed by atoms with E-state index in [0.717, 1.165) is 0 Å². The summed E-state index contributed by atoms with van der Waals surface area (Å²) in [5, 5.41) is 2.52. The molecule has 0 aliphatic carbocycles. The van der Waals surface area contributed by atoms with Crippen molar-refractivity contribution in [2.75, 3.05) is 34.0 Å². The molecule has 1 atom stereocenters. The fraction of sp³-hybridized carbons (Fsp3) is 0.526. The average molecular weight is 395 g/mol. The Morgan fingerprint density at radius 2 is 1.86 bits per heavy atom. The topological polar surface area (TPSA) is 109 Å². The molecule has 0 radical (unpaired) electrons. The van der Waals surface area contributed by atoms with E-state index in [0.29, 0.717) is 36.9 Å². The molecule has 0 bridgehead atoms. The lowest BCUT2D eigenvalue weighted by Crippen LogP contribution is -2.44. The maximum atomic E-state index is 12.3. The third-order valence-electron chi connectivity index (χ3n) is 3.93. The summed E-state index contributed by atoms with van der Waals surface area (Å²) in [5.74, 6) is -0.612. The van der Waals surface area contributed by atoms with Gasteiger partial charge in [0.2, 0.25) is 5.75 Å². The predicted octanol–water partition coefficient (Wildman–Crippen LogP) is 1.33. The van der Waals surface area contributed by atoms with Crippen LogP contribution >= 0.6 is 0 Å². The van der Waals surface area contributed by atoms with E-state index in [9.17, 15) is 14.4 Å². The molecule has 0 aromatic heterocycles. The average Bonchev–Trinajstić information content (AvgIpc) is 2.69. The molecule has 1 aromatic carbocycles. The summed E-state index contributed by atoms with van der Waals surface area (Å²) in [6.45, 7) is 4.02. The number of fused-ring (bicyclic) bond motifs is 1. The van der Waals surface area contributed by atoms with E-state index in [2.05, 4.69) is 10.1 Å². The van der Waals surface area contributed by atoms with Crippen molar-refractivity contribution in [3.63, 3.8) is 0 Å². The highest BCUT2D eigenvalue weighted by molar-refractivity contribution is 5.93. The number of hydrogen-bond acceptors (Lipinski definition) is 8. The van der Waals surface area contributed by atoms with Crippen LogP contribution in [0.1, 0.15) is 30.6 Å². The van der Waals surface area contributed by atoms with Crippen molar-refractivity contribution in [3.05, 3.63) is 17.7 Å². The van der Waals surface area contributed by atoms with E-state index >= 15 is 0 Å². The van der Waals surface area contributed by atoms with Gasteiger partial charge in [-0.25, -0.2) is 9.59 Å². The SMILES string of the molecule is COC(=O)[C@H](CC(C)C)NC(=O)COC(=O)c1cc(OC)c2c(c1)OCCO2. The van der Waals surface area contributed by atoms with Gasteiger partial charge in [-0.05, 0) is 24.5 Å². The molecule has 0 unspecified atom stereocenters. The van der Waals surface area contributed by atoms with Crippen LogP contribution in [0.15, 0.2) is 12.1 Å². The zero-order chi connectivity index (χ0) is 20.7. The summed E-state index contributed by atoms with van der Waals surface area (Å²) in [6.07, 6.45) is 0.408. The molecule has 1 N–H and O–H groups in total. The molecule has 1 aliphatic rings. The predicted molar refractivity (Wildman–Crippen MR) is 97.7 cm³/mol. The van der Waals surface area contributed by atoms with Gasteiger partial charge in [-0.2, -0.15) is 0 Å². The van der Waals surface area contributed by atoms with Crippen LogP contribution in [0.5, 0.6) is 17.2 Å². The maximum Gasteiger partial charge on any atom is 0.338 e. The molecule has 9 heteroatoms. The second-order valence-corrected chi connectivity index (χ2v) is 6.55. The van der Waals surface area contributed by atoms with Gasteiger partial charge in [-0.1, -0.05) is 13.8 Å². The minimum absolute atomic E-state index is 0.153. The molecule has 0 saturated carbocycles. The Bertz CT molecular complexity index is 714. The summed E-state index contributed by atoms with van der Waals surface area (Å²) >= 11 is 0. The van der Waals surface area contributed by atoms with E-state index in [1.807, 2.05) is 13.8 Å². The zero-order valence-corrected chi connectivity index (χ0v) is 16.4. The number of benzene rings is 1. The van der Waals surface area contributed by atoms with Gasteiger partial charge >= 0.3 is 11.9 Å². The molecular weight excluding hydrogens is 370 g/mol. The van der Waals surface area contributed by atoms with Crippen molar-refractivity contribution in [3.8, 4) is 17.2 Å². The van der Waals surface area contributed by atoms with Gasteiger partial charge in [0.15, 0.2) is 18.1 Å². The highest BCUT2D eigenvalue weighted by Gasteiger charge is 2.24. The Morgan fingerprint density at radius 1 is 1.14 bits per heavy atom. The number of esters is 2. The number of carbonyl (C=O) groups excluding carboxylic acids is 3. The van der Waals surface area contributed by atoms with Gasteiger partial charge in [-0.3, -0.25) is 4.79 Å². The van der Waals surface area contributed by atoms with Gasteiger partial charge in [-0.15, -0.1) is 0 Å². The van der Waals surface area contributed by atoms with Crippen molar-refractivity contribution in [1.82, 2.24) is 5.32 Å². The molecule has 28 heavy (non-hydrogen) atoms. The minimum Gasteiger partial charge on any atom is -0.493 e. The quantitative estimate of drug-likeness (QED) is 0.657. The summed E-state index contributed by atoms with van der Waals surface area (Å²) in [5.41, 5.74) is 0.153. The molecule has 1 amide bonds. The van der Waals surface area contributed by atoms with Crippen LogP contribution in [-0.2, 0) is 19.1 Å². The van der Waals surface area contributed by atoms with Crippen molar-refractivity contribution in [1.29, 1.82) is 0 Å². The zero-order valence-electron chi connectivity index (χ0n) is 16.4. The first-order chi connectivity index (χ1) is 13.3. The summed E-state index contributed by atoms with van der Waals surface area (Å²) < 4.78 is 25.9. The number of nitrogens with one attached hydrogen (secondary N) is 1. The molecule has 2 rings (SSSR count). The lowest BCUT2D eigenvalue weighted by molar-refractivity contribution is -0.145. The first kappa shape index (κ1) is 21.3.